The summed E-state index contributed by atoms with van der Waals surface area (Å²) in [6, 6.07) is 0. The van der Waals surface area contributed by atoms with Gasteiger partial charge in [-0.3, -0.25) is 5.32 Å². The van der Waals surface area contributed by atoms with Gasteiger partial charge in [-0.1, -0.05) is 27.7 Å². The van der Waals surface area contributed by atoms with E-state index in [0.29, 0.717) is 0 Å². The van der Waals surface area contributed by atoms with Crippen molar-refractivity contribution in [2.24, 2.45) is 11.8 Å². The van der Waals surface area contributed by atoms with Crippen LogP contribution in [0, 0.1) is 11.8 Å². The molecule has 0 aromatic rings. The molecule has 1 spiro atoms. The fourth-order valence-electron chi connectivity index (χ4n) is 4.06. The molecular weight excluding hydrogens is 210 g/mol. The summed E-state index contributed by atoms with van der Waals surface area (Å²) >= 11 is 0. The van der Waals surface area contributed by atoms with Crippen molar-refractivity contribution in [1.82, 2.24) is 5.32 Å². The number of rotatable bonds is 2. The van der Waals surface area contributed by atoms with E-state index in [0.717, 1.165) is 31.2 Å². The van der Waals surface area contributed by atoms with Crippen LogP contribution in [0.1, 0.15) is 66.2 Å². The van der Waals surface area contributed by atoms with Crippen LogP contribution in [0.3, 0.4) is 0 Å². The van der Waals surface area contributed by atoms with Gasteiger partial charge in [0.25, 0.3) is 0 Å². The molecule has 2 atom stereocenters. The summed E-state index contributed by atoms with van der Waals surface area (Å²) in [5.41, 5.74) is 0.128. The lowest BCUT2D eigenvalue weighted by Crippen LogP contribution is -2.61. The van der Waals surface area contributed by atoms with Crippen molar-refractivity contribution in [3.05, 3.63) is 0 Å². The maximum Gasteiger partial charge on any atom is 0.120 e. The summed E-state index contributed by atoms with van der Waals surface area (Å²) in [4.78, 5) is 0. The van der Waals surface area contributed by atoms with Gasteiger partial charge in [0.15, 0.2) is 0 Å². The lowest BCUT2D eigenvalue weighted by molar-refractivity contribution is -0.227. The molecule has 1 aliphatic heterocycles. The molecule has 2 unspecified atom stereocenters. The van der Waals surface area contributed by atoms with Crippen LogP contribution in [-0.2, 0) is 4.74 Å². The first-order valence-corrected chi connectivity index (χ1v) is 7.48. The highest BCUT2D eigenvalue weighted by molar-refractivity contribution is 4.95. The monoisotopic (exact) mass is 239 g/mol. The molecule has 100 valence electrons. The summed E-state index contributed by atoms with van der Waals surface area (Å²) in [5.74, 6) is 1.58. The normalized spacial score (nSPS) is 41.6. The molecule has 1 N–H and O–H groups in total. The molecule has 2 rings (SSSR count). The summed E-state index contributed by atoms with van der Waals surface area (Å²) in [7, 11) is 0. The Kier molecular flexibility index (Phi) is 3.84. The summed E-state index contributed by atoms with van der Waals surface area (Å²) in [6.45, 7) is 10.4. The smallest absolute Gasteiger partial charge is 0.120 e. The van der Waals surface area contributed by atoms with Crippen molar-refractivity contribution in [3.8, 4) is 0 Å². The zero-order valence-corrected chi connectivity index (χ0v) is 12.0. The van der Waals surface area contributed by atoms with Gasteiger partial charge < -0.3 is 4.74 Å². The molecule has 1 heterocycles. The van der Waals surface area contributed by atoms with Crippen LogP contribution in [0.5, 0.6) is 0 Å². The quantitative estimate of drug-likeness (QED) is 0.793. The van der Waals surface area contributed by atoms with E-state index >= 15 is 0 Å². The van der Waals surface area contributed by atoms with Gasteiger partial charge in [-0.2, -0.15) is 0 Å². The van der Waals surface area contributed by atoms with Gasteiger partial charge in [-0.05, 0) is 50.4 Å². The number of hydrogen-bond donors (Lipinski definition) is 1. The second-order valence-corrected chi connectivity index (χ2v) is 6.52. The number of ether oxygens (including phenoxy) is 1. The third-order valence-corrected chi connectivity index (χ3v) is 4.89. The van der Waals surface area contributed by atoms with Gasteiger partial charge in [-0.15, -0.1) is 0 Å². The van der Waals surface area contributed by atoms with Crippen LogP contribution < -0.4 is 5.32 Å². The Morgan fingerprint density at radius 3 is 2.24 bits per heavy atom. The second-order valence-electron chi connectivity index (χ2n) is 6.52. The third kappa shape index (κ3) is 2.68. The van der Waals surface area contributed by atoms with Gasteiger partial charge in [0.2, 0.25) is 0 Å². The van der Waals surface area contributed by atoms with Crippen molar-refractivity contribution < 1.29 is 4.74 Å². The van der Waals surface area contributed by atoms with E-state index in [2.05, 4.69) is 33.0 Å². The minimum Gasteiger partial charge on any atom is -0.354 e. The highest BCUT2D eigenvalue weighted by Crippen LogP contribution is 2.43. The number of nitrogens with one attached hydrogen (secondary N) is 1. The van der Waals surface area contributed by atoms with E-state index in [1.54, 1.807) is 0 Å². The van der Waals surface area contributed by atoms with Gasteiger partial charge in [-0.25, -0.2) is 0 Å². The van der Waals surface area contributed by atoms with E-state index in [1.165, 1.54) is 25.7 Å². The maximum absolute atomic E-state index is 6.63. The average molecular weight is 239 g/mol. The first-order chi connectivity index (χ1) is 8.03. The summed E-state index contributed by atoms with van der Waals surface area (Å²) in [5, 5.41) is 3.70. The van der Waals surface area contributed by atoms with E-state index < -0.39 is 0 Å². The fourth-order valence-corrected chi connectivity index (χ4v) is 4.06. The van der Waals surface area contributed by atoms with Crippen LogP contribution in [0.25, 0.3) is 0 Å². The largest absolute Gasteiger partial charge is 0.354 e. The zero-order valence-electron chi connectivity index (χ0n) is 12.0. The van der Waals surface area contributed by atoms with Crippen molar-refractivity contribution in [2.45, 2.75) is 77.5 Å². The molecule has 2 fully saturated rings. The van der Waals surface area contributed by atoms with Gasteiger partial charge in [0.1, 0.15) is 5.72 Å². The summed E-state index contributed by atoms with van der Waals surface area (Å²) in [6.07, 6.45) is 7.21. The third-order valence-electron chi connectivity index (χ3n) is 4.89. The Balaban J connectivity index is 2.14. The minimum absolute atomic E-state index is 0.0125. The standard InChI is InChI=1S/C15H29NO/c1-5-14(6-2)7-8-16-15(17-14)10-12(3)9-13(4)11-15/h12-13,16H,5-11H2,1-4H3. The highest BCUT2D eigenvalue weighted by atomic mass is 16.5. The van der Waals surface area contributed by atoms with Crippen molar-refractivity contribution >= 4 is 0 Å². The Hall–Kier alpha value is -0.0800. The zero-order chi connectivity index (χ0) is 12.5. The Morgan fingerprint density at radius 2 is 1.71 bits per heavy atom. The average Bonchev–Trinajstić information content (AvgIpc) is 2.27. The first kappa shape index (κ1) is 13.4. The molecule has 1 saturated heterocycles. The SMILES string of the molecule is CCC1(CC)CCNC2(CC(C)CC(C)C2)O1. The summed E-state index contributed by atoms with van der Waals surface area (Å²) < 4.78 is 6.63. The van der Waals surface area contributed by atoms with Crippen LogP contribution in [-0.4, -0.2) is 17.9 Å². The van der Waals surface area contributed by atoms with Crippen molar-refractivity contribution in [1.29, 1.82) is 0 Å². The van der Waals surface area contributed by atoms with E-state index in [-0.39, 0.29) is 11.3 Å². The van der Waals surface area contributed by atoms with E-state index in [9.17, 15) is 0 Å². The van der Waals surface area contributed by atoms with Gasteiger partial charge in [0.05, 0.1) is 5.60 Å². The molecule has 0 amide bonds. The predicted octanol–water partition coefficient (Wildman–Crippen LogP) is 3.71. The van der Waals surface area contributed by atoms with Gasteiger partial charge in [0, 0.05) is 6.54 Å². The predicted molar refractivity (Wildman–Crippen MR) is 71.9 cm³/mol. The van der Waals surface area contributed by atoms with Gasteiger partial charge >= 0.3 is 0 Å². The molecular formula is C15H29NO. The highest BCUT2D eigenvalue weighted by Gasteiger charge is 2.46. The van der Waals surface area contributed by atoms with Crippen LogP contribution in [0.15, 0.2) is 0 Å². The molecule has 17 heavy (non-hydrogen) atoms. The number of hydrogen-bond acceptors (Lipinski definition) is 2. The lowest BCUT2D eigenvalue weighted by Gasteiger charge is -2.52. The van der Waals surface area contributed by atoms with Crippen LogP contribution in [0.2, 0.25) is 0 Å². The molecule has 0 bridgehead atoms. The van der Waals surface area contributed by atoms with Crippen LogP contribution in [0.4, 0.5) is 0 Å². The molecule has 2 nitrogen and oxygen atoms in total. The van der Waals surface area contributed by atoms with Crippen LogP contribution >= 0.6 is 0 Å². The lowest BCUT2D eigenvalue weighted by atomic mass is 9.76. The maximum atomic E-state index is 6.63. The Bertz CT molecular complexity index is 250. The minimum atomic E-state index is -0.0125. The second kappa shape index (κ2) is 4.89. The van der Waals surface area contributed by atoms with Crippen molar-refractivity contribution in [3.63, 3.8) is 0 Å². The van der Waals surface area contributed by atoms with E-state index in [4.69, 9.17) is 4.74 Å². The molecule has 2 heteroatoms. The van der Waals surface area contributed by atoms with Crippen molar-refractivity contribution in [2.75, 3.05) is 6.54 Å². The molecule has 1 saturated carbocycles. The molecule has 1 aliphatic carbocycles. The fraction of sp³-hybridized carbons (Fsp3) is 1.00. The van der Waals surface area contributed by atoms with E-state index in [1.807, 2.05) is 0 Å². The Labute approximate surface area is 107 Å². The first-order valence-electron chi connectivity index (χ1n) is 7.48. The molecule has 0 radical (unpaired) electrons. The molecule has 0 aromatic carbocycles. The Morgan fingerprint density at radius 1 is 1.12 bits per heavy atom. The molecule has 2 aliphatic rings. The molecule has 0 aromatic heterocycles. The topological polar surface area (TPSA) is 21.3 Å².